The van der Waals surface area contributed by atoms with Gasteiger partial charge in [0.15, 0.2) is 0 Å². The van der Waals surface area contributed by atoms with E-state index in [2.05, 4.69) is 5.32 Å². The van der Waals surface area contributed by atoms with Crippen LogP contribution in [0.15, 0.2) is 23.1 Å². The summed E-state index contributed by atoms with van der Waals surface area (Å²) in [7, 11) is -0.723. The molecule has 1 aliphatic rings. The summed E-state index contributed by atoms with van der Waals surface area (Å²) >= 11 is 0. The van der Waals surface area contributed by atoms with Gasteiger partial charge in [-0.15, -0.1) is 0 Å². The van der Waals surface area contributed by atoms with E-state index in [0.717, 1.165) is 23.2 Å². The monoisotopic (exact) mass is 258 g/mol. The van der Waals surface area contributed by atoms with Crippen LogP contribution < -0.4 is 5.32 Å². The van der Waals surface area contributed by atoms with Gasteiger partial charge in [-0.3, -0.25) is 0 Å². The number of anilines is 1. The smallest absolute Gasteiger partial charge is 0.242 e. The van der Waals surface area contributed by atoms with Gasteiger partial charge in [0.1, 0.15) is 5.82 Å². The van der Waals surface area contributed by atoms with Crippen molar-refractivity contribution in [3.05, 3.63) is 24.0 Å². The van der Waals surface area contributed by atoms with Gasteiger partial charge in [0.05, 0.1) is 10.6 Å². The van der Waals surface area contributed by atoms with E-state index in [4.69, 9.17) is 0 Å². The molecule has 0 atom stereocenters. The highest BCUT2D eigenvalue weighted by Gasteiger charge is 2.23. The lowest BCUT2D eigenvalue weighted by Gasteiger charge is -2.12. The summed E-state index contributed by atoms with van der Waals surface area (Å²) in [5.41, 5.74) is 0.366. The summed E-state index contributed by atoms with van der Waals surface area (Å²) in [6.07, 6.45) is 2.08. The Hall–Kier alpha value is -1.14. The van der Waals surface area contributed by atoms with Crippen LogP contribution in [0, 0.1) is 5.82 Å². The minimum absolute atomic E-state index is 0.0265. The molecular formula is C11H15FN2O2S. The molecule has 0 spiro atoms. The summed E-state index contributed by atoms with van der Waals surface area (Å²) in [6, 6.07) is 4.29. The first-order valence-electron chi connectivity index (χ1n) is 5.40. The van der Waals surface area contributed by atoms with Crippen molar-refractivity contribution >= 4 is 15.7 Å². The number of hydrogen-bond acceptors (Lipinski definition) is 3. The van der Waals surface area contributed by atoms with E-state index < -0.39 is 15.8 Å². The Kier molecular flexibility index (Phi) is 3.09. The molecule has 1 saturated carbocycles. The summed E-state index contributed by atoms with van der Waals surface area (Å²) in [6.45, 7) is 0. The van der Waals surface area contributed by atoms with Crippen LogP contribution in [0.3, 0.4) is 0 Å². The van der Waals surface area contributed by atoms with Crippen LogP contribution in [-0.4, -0.2) is 32.9 Å². The van der Waals surface area contributed by atoms with E-state index in [1.807, 2.05) is 0 Å². The predicted octanol–water partition coefficient (Wildman–Crippen LogP) is 1.65. The zero-order valence-corrected chi connectivity index (χ0v) is 10.6. The number of nitrogens with zero attached hydrogens (tertiary/aromatic N) is 1. The summed E-state index contributed by atoms with van der Waals surface area (Å²) < 4.78 is 38.3. The zero-order chi connectivity index (χ0) is 12.6. The molecule has 94 valence electrons. The van der Waals surface area contributed by atoms with Crippen molar-refractivity contribution in [3.8, 4) is 0 Å². The minimum Gasteiger partial charge on any atom is -0.380 e. The second kappa shape index (κ2) is 4.27. The molecule has 2 rings (SSSR count). The third-order valence-electron chi connectivity index (χ3n) is 2.66. The highest BCUT2D eigenvalue weighted by Crippen LogP contribution is 2.27. The van der Waals surface area contributed by atoms with Gasteiger partial charge in [0.25, 0.3) is 0 Å². The largest absolute Gasteiger partial charge is 0.380 e. The summed E-state index contributed by atoms with van der Waals surface area (Å²) in [5.74, 6) is -0.528. The van der Waals surface area contributed by atoms with Crippen molar-refractivity contribution in [2.24, 2.45) is 0 Å². The second-order valence-electron chi connectivity index (χ2n) is 4.35. The molecule has 0 heterocycles. The molecule has 1 fully saturated rings. The molecule has 0 amide bonds. The van der Waals surface area contributed by atoms with E-state index in [0.29, 0.717) is 11.7 Å². The molecule has 17 heavy (non-hydrogen) atoms. The van der Waals surface area contributed by atoms with Gasteiger partial charge >= 0.3 is 0 Å². The Labute approximate surface area is 100 Å². The maximum absolute atomic E-state index is 13.7. The molecule has 1 aromatic carbocycles. The van der Waals surface area contributed by atoms with Gasteiger partial charge in [0.2, 0.25) is 10.0 Å². The lowest BCUT2D eigenvalue weighted by atomic mass is 10.3. The molecule has 6 heteroatoms. The third-order valence-corrected chi connectivity index (χ3v) is 4.47. The van der Waals surface area contributed by atoms with Crippen molar-refractivity contribution in [2.75, 3.05) is 19.4 Å². The molecule has 0 saturated heterocycles. The third kappa shape index (κ3) is 2.58. The molecule has 1 aliphatic carbocycles. The van der Waals surface area contributed by atoms with Gasteiger partial charge in [-0.1, -0.05) is 0 Å². The van der Waals surface area contributed by atoms with E-state index in [1.54, 1.807) is 0 Å². The second-order valence-corrected chi connectivity index (χ2v) is 6.50. The van der Waals surface area contributed by atoms with Gasteiger partial charge in [-0.05, 0) is 31.0 Å². The zero-order valence-electron chi connectivity index (χ0n) is 9.77. The molecule has 4 nitrogen and oxygen atoms in total. The van der Waals surface area contributed by atoms with Crippen molar-refractivity contribution in [1.29, 1.82) is 0 Å². The Balaban J connectivity index is 2.29. The highest BCUT2D eigenvalue weighted by molar-refractivity contribution is 7.89. The van der Waals surface area contributed by atoms with E-state index in [1.165, 1.54) is 26.2 Å². The predicted molar refractivity (Wildman–Crippen MR) is 63.9 cm³/mol. The van der Waals surface area contributed by atoms with Crippen LogP contribution in [-0.2, 0) is 10.0 Å². The fraction of sp³-hybridized carbons (Fsp3) is 0.455. The van der Waals surface area contributed by atoms with Gasteiger partial charge in [-0.25, -0.2) is 17.1 Å². The SMILES string of the molecule is CN(C)S(=O)(=O)c1ccc(NC2CC2)c(F)c1. The molecule has 0 bridgehead atoms. The van der Waals surface area contributed by atoms with E-state index in [-0.39, 0.29) is 4.90 Å². The molecule has 0 radical (unpaired) electrons. The number of rotatable bonds is 4. The van der Waals surface area contributed by atoms with Crippen LogP contribution in [0.25, 0.3) is 0 Å². The first-order valence-corrected chi connectivity index (χ1v) is 6.84. The fourth-order valence-electron chi connectivity index (χ4n) is 1.43. The Bertz CT molecular complexity index is 524. The highest BCUT2D eigenvalue weighted by atomic mass is 32.2. The Morgan fingerprint density at radius 1 is 1.35 bits per heavy atom. The van der Waals surface area contributed by atoms with Crippen molar-refractivity contribution < 1.29 is 12.8 Å². The lowest BCUT2D eigenvalue weighted by Crippen LogP contribution is -2.22. The molecule has 0 aliphatic heterocycles. The van der Waals surface area contributed by atoms with E-state index >= 15 is 0 Å². The number of hydrogen-bond donors (Lipinski definition) is 1. The molecule has 1 aromatic rings. The van der Waals surface area contributed by atoms with Crippen LogP contribution >= 0.6 is 0 Å². The quantitative estimate of drug-likeness (QED) is 0.893. The van der Waals surface area contributed by atoms with E-state index in [9.17, 15) is 12.8 Å². The minimum atomic E-state index is -3.56. The molecule has 0 aromatic heterocycles. The molecule has 0 unspecified atom stereocenters. The fourth-order valence-corrected chi connectivity index (χ4v) is 2.35. The number of halogens is 1. The van der Waals surface area contributed by atoms with Gasteiger partial charge in [0, 0.05) is 20.1 Å². The van der Waals surface area contributed by atoms with Gasteiger partial charge < -0.3 is 5.32 Å². The lowest BCUT2D eigenvalue weighted by molar-refractivity contribution is 0.519. The maximum Gasteiger partial charge on any atom is 0.242 e. The number of benzene rings is 1. The van der Waals surface area contributed by atoms with Crippen LogP contribution in [0.2, 0.25) is 0 Å². The number of sulfonamides is 1. The molecular weight excluding hydrogens is 243 g/mol. The van der Waals surface area contributed by atoms with Crippen LogP contribution in [0.5, 0.6) is 0 Å². The molecule has 1 N–H and O–H groups in total. The van der Waals surface area contributed by atoms with Crippen LogP contribution in [0.1, 0.15) is 12.8 Å². The average Bonchev–Trinajstić information content (AvgIpc) is 3.04. The normalized spacial score (nSPS) is 16.2. The summed E-state index contributed by atoms with van der Waals surface area (Å²) in [5, 5.41) is 3.01. The first-order chi connectivity index (χ1) is 7.91. The summed E-state index contributed by atoms with van der Waals surface area (Å²) in [4.78, 5) is -0.0265. The van der Waals surface area contributed by atoms with Gasteiger partial charge in [-0.2, -0.15) is 0 Å². The van der Waals surface area contributed by atoms with Crippen molar-refractivity contribution in [3.63, 3.8) is 0 Å². The van der Waals surface area contributed by atoms with Crippen molar-refractivity contribution in [1.82, 2.24) is 4.31 Å². The standard InChI is InChI=1S/C11H15FN2O2S/c1-14(2)17(15,16)9-5-6-11(10(12)7-9)13-8-3-4-8/h5-8,13H,3-4H2,1-2H3. The van der Waals surface area contributed by atoms with Crippen LogP contribution in [0.4, 0.5) is 10.1 Å². The Morgan fingerprint density at radius 3 is 2.47 bits per heavy atom. The Morgan fingerprint density at radius 2 is 2.00 bits per heavy atom. The first kappa shape index (κ1) is 12.3. The topological polar surface area (TPSA) is 49.4 Å². The van der Waals surface area contributed by atoms with Crippen molar-refractivity contribution in [2.45, 2.75) is 23.8 Å². The average molecular weight is 258 g/mol. The number of nitrogens with one attached hydrogen (secondary N) is 1. The maximum atomic E-state index is 13.7.